The number of nitrogens with zero attached hydrogens (tertiary/aromatic N) is 4. The van der Waals surface area contributed by atoms with Crippen LogP contribution < -0.4 is 10.2 Å². The zero-order valence-corrected chi connectivity index (χ0v) is 22.0. The molecule has 0 spiro atoms. The van der Waals surface area contributed by atoms with Crippen molar-refractivity contribution >= 4 is 29.0 Å². The number of rotatable bonds is 9. The van der Waals surface area contributed by atoms with Gasteiger partial charge in [-0.1, -0.05) is 71.4 Å². The van der Waals surface area contributed by atoms with Crippen molar-refractivity contribution in [1.29, 1.82) is 0 Å². The van der Waals surface area contributed by atoms with Crippen LogP contribution in [0, 0.1) is 13.8 Å². The zero-order valence-electron chi connectivity index (χ0n) is 21.2. The van der Waals surface area contributed by atoms with Crippen LogP contribution in [0.3, 0.4) is 0 Å². The molecule has 3 aromatic carbocycles. The van der Waals surface area contributed by atoms with Crippen LogP contribution >= 0.6 is 11.8 Å². The third kappa shape index (κ3) is 6.29. The number of nitrogens with one attached hydrogen (secondary N) is 1. The highest BCUT2D eigenvalue weighted by Crippen LogP contribution is 2.30. The van der Waals surface area contributed by atoms with Crippen LogP contribution in [-0.2, 0) is 4.79 Å². The molecule has 0 aliphatic carbocycles. The Kier molecular flexibility index (Phi) is 8.33. The maximum absolute atomic E-state index is 12.6. The Hall–Kier alpha value is -3.71. The van der Waals surface area contributed by atoms with Crippen molar-refractivity contribution < 1.29 is 4.79 Å². The fourth-order valence-corrected chi connectivity index (χ4v) is 4.45. The summed E-state index contributed by atoms with van der Waals surface area (Å²) >= 11 is 1.28. The Balaban J connectivity index is 1.49. The van der Waals surface area contributed by atoms with Gasteiger partial charge in [-0.2, -0.15) is 0 Å². The number of aryl methyl sites for hydroxylation is 2. The van der Waals surface area contributed by atoms with Crippen LogP contribution in [-0.4, -0.2) is 39.9 Å². The molecule has 1 N–H and O–H groups in total. The molecule has 0 saturated heterocycles. The maximum atomic E-state index is 12.6. The molecule has 184 valence electrons. The predicted octanol–water partition coefficient (Wildman–Crippen LogP) is 6.40. The van der Waals surface area contributed by atoms with Crippen molar-refractivity contribution in [1.82, 2.24) is 15.2 Å². The largest absolute Gasteiger partial charge is 0.372 e. The predicted molar refractivity (Wildman–Crippen MR) is 150 cm³/mol. The second kappa shape index (κ2) is 11.8. The van der Waals surface area contributed by atoms with Crippen molar-refractivity contribution in [2.45, 2.75) is 32.9 Å². The van der Waals surface area contributed by atoms with Gasteiger partial charge in [-0.25, -0.2) is 4.98 Å². The van der Waals surface area contributed by atoms with Crippen molar-refractivity contribution in [2.24, 2.45) is 0 Å². The molecule has 1 amide bonds. The Morgan fingerprint density at radius 2 is 1.33 bits per heavy atom. The van der Waals surface area contributed by atoms with E-state index in [2.05, 4.69) is 72.4 Å². The van der Waals surface area contributed by atoms with E-state index >= 15 is 0 Å². The Morgan fingerprint density at radius 3 is 1.89 bits per heavy atom. The average molecular weight is 498 g/mol. The molecule has 0 unspecified atom stereocenters. The van der Waals surface area contributed by atoms with E-state index in [9.17, 15) is 4.79 Å². The van der Waals surface area contributed by atoms with Gasteiger partial charge < -0.3 is 10.2 Å². The minimum Gasteiger partial charge on any atom is -0.372 e. The average Bonchev–Trinajstić information content (AvgIpc) is 2.90. The summed E-state index contributed by atoms with van der Waals surface area (Å²) in [5.74, 6) is 0.0788. The lowest BCUT2D eigenvalue weighted by atomic mass is 10.0. The van der Waals surface area contributed by atoms with Crippen molar-refractivity contribution in [2.75, 3.05) is 29.1 Å². The SMILES string of the molecule is CCN(CC)c1ccc(NC(=O)CSc2nnc(-c3ccc(C)cc3)c(-c3ccc(C)cc3)n2)cc1. The number of carbonyl (C=O) groups excluding carboxylic acids is 1. The minimum absolute atomic E-state index is 0.112. The third-order valence-electron chi connectivity index (χ3n) is 5.93. The number of carbonyl (C=O) groups is 1. The number of thioether (sulfide) groups is 1. The van der Waals surface area contributed by atoms with Gasteiger partial charge in [-0.15, -0.1) is 10.2 Å². The van der Waals surface area contributed by atoms with Gasteiger partial charge in [-0.3, -0.25) is 4.79 Å². The van der Waals surface area contributed by atoms with E-state index in [1.54, 1.807) is 0 Å². The molecule has 0 saturated carbocycles. The van der Waals surface area contributed by atoms with Crippen LogP contribution in [0.15, 0.2) is 78.0 Å². The fourth-order valence-electron chi connectivity index (χ4n) is 3.86. The summed E-state index contributed by atoms with van der Waals surface area (Å²) < 4.78 is 0. The van der Waals surface area contributed by atoms with Crippen LogP contribution in [0.25, 0.3) is 22.5 Å². The first-order valence-electron chi connectivity index (χ1n) is 12.1. The fraction of sp³-hybridized carbons (Fsp3) is 0.241. The molecule has 0 atom stereocenters. The first-order chi connectivity index (χ1) is 17.5. The van der Waals surface area contributed by atoms with Crippen LogP contribution in [0.5, 0.6) is 0 Å². The van der Waals surface area contributed by atoms with Crippen molar-refractivity contribution in [3.8, 4) is 22.5 Å². The van der Waals surface area contributed by atoms with Crippen molar-refractivity contribution in [3.05, 3.63) is 83.9 Å². The summed E-state index contributed by atoms with van der Waals surface area (Å²) in [5, 5.41) is 12.3. The molecule has 0 radical (unpaired) electrons. The van der Waals surface area contributed by atoms with E-state index < -0.39 is 0 Å². The molecular weight excluding hydrogens is 466 g/mol. The van der Waals surface area contributed by atoms with E-state index in [0.29, 0.717) is 5.16 Å². The second-order valence-electron chi connectivity index (χ2n) is 8.58. The van der Waals surface area contributed by atoms with E-state index in [4.69, 9.17) is 4.98 Å². The lowest BCUT2D eigenvalue weighted by Gasteiger charge is -2.21. The van der Waals surface area contributed by atoms with Crippen LogP contribution in [0.4, 0.5) is 11.4 Å². The number of hydrogen-bond acceptors (Lipinski definition) is 6. The summed E-state index contributed by atoms with van der Waals surface area (Å²) in [6, 6.07) is 24.3. The Bertz CT molecular complexity index is 1300. The molecule has 1 heterocycles. The molecule has 0 aliphatic rings. The third-order valence-corrected chi connectivity index (χ3v) is 6.77. The first kappa shape index (κ1) is 25.4. The summed E-state index contributed by atoms with van der Waals surface area (Å²) in [5.41, 5.74) is 7.66. The molecule has 6 nitrogen and oxygen atoms in total. The van der Waals surface area contributed by atoms with Crippen LogP contribution in [0.1, 0.15) is 25.0 Å². The minimum atomic E-state index is -0.112. The van der Waals surface area contributed by atoms with Gasteiger partial charge in [0, 0.05) is 35.6 Å². The van der Waals surface area contributed by atoms with E-state index in [0.717, 1.165) is 47.0 Å². The van der Waals surface area contributed by atoms with E-state index in [1.165, 1.54) is 22.9 Å². The molecular formula is C29H31N5OS. The first-order valence-corrected chi connectivity index (χ1v) is 13.1. The summed E-state index contributed by atoms with van der Waals surface area (Å²) in [6.07, 6.45) is 0. The molecule has 0 bridgehead atoms. The molecule has 4 aromatic rings. The Labute approximate surface area is 217 Å². The summed E-state index contributed by atoms with van der Waals surface area (Å²) in [4.78, 5) is 19.7. The number of aromatic nitrogens is 3. The molecule has 0 aliphatic heterocycles. The van der Waals surface area contributed by atoms with E-state index in [-0.39, 0.29) is 11.7 Å². The highest BCUT2D eigenvalue weighted by atomic mass is 32.2. The van der Waals surface area contributed by atoms with Crippen LogP contribution in [0.2, 0.25) is 0 Å². The summed E-state index contributed by atoms with van der Waals surface area (Å²) in [7, 11) is 0. The molecule has 4 rings (SSSR count). The van der Waals surface area contributed by atoms with Gasteiger partial charge in [0.15, 0.2) is 0 Å². The topological polar surface area (TPSA) is 71.0 Å². The van der Waals surface area contributed by atoms with Gasteiger partial charge in [0.2, 0.25) is 11.1 Å². The van der Waals surface area contributed by atoms with Crippen molar-refractivity contribution in [3.63, 3.8) is 0 Å². The van der Waals surface area contributed by atoms with Gasteiger partial charge in [0.1, 0.15) is 11.4 Å². The molecule has 7 heteroatoms. The zero-order chi connectivity index (χ0) is 25.5. The maximum Gasteiger partial charge on any atom is 0.234 e. The lowest BCUT2D eigenvalue weighted by molar-refractivity contribution is -0.113. The van der Waals surface area contributed by atoms with E-state index in [1.807, 2.05) is 48.5 Å². The smallest absolute Gasteiger partial charge is 0.234 e. The quantitative estimate of drug-likeness (QED) is 0.270. The normalized spacial score (nSPS) is 10.8. The number of hydrogen-bond donors (Lipinski definition) is 1. The van der Waals surface area contributed by atoms with Gasteiger partial charge >= 0.3 is 0 Å². The highest BCUT2D eigenvalue weighted by molar-refractivity contribution is 7.99. The Morgan fingerprint density at radius 1 is 0.778 bits per heavy atom. The monoisotopic (exact) mass is 497 g/mol. The van der Waals surface area contributed by atoms with Gasteiger partial charge in [-0.05, 0) is 52.0 Å². The molecule has 0 fully saturated rings. The number of amides is 1. The van der Waals surface area contributed by atoms with Gasteiger partial charge in [0.05, 0.1) is 5.75 Å². The van der Waals surface area contributed by atoms with Gasteiger partial charge in [0.25, 0.3) is 0 Å². The lowest BCUT2D eigenvalue weighted by Crippen LogP contribution is -2.21. The summed E-state index contributed by atoms with van der Waals surface area (Å²) in [6.45, 7) is 10.3. The standard InChI is InChI=1S/C29H31N5OS/c1-5-34(6-2)25-17-15-24(16-18-25)30-26(35)19-36-29-31-27(22-11-7-20(3)8-12-22)28(32-33-29)23-13-9-21(4)10-14-23/h7-18H,5-6,19H2,1-4H3,(H,30,35). The number of anilines is 2. The highest BCUT2D eigenvalue weighted by Gasteiger charge is 2.15. The molecule has 36 heavy (non-hydrogen) atoms. The second-order valence-corrected chi connectivity index (χ2v) is 9.52. The molecule has 1 aromatic heterocycles. The number of benzene rings is 3.